The Hall–Kier alpha value is -9.53. The van der Waals surface area contributed by atoms with E-state index in [1.807, 2.05) is 63.9 Å². The van der Waals surface area contributed by atoms with Crippen LogP contribution in [-0.4, -0.2) is 188 Å². The van der Waals surface area contributed by atoms with Gasteiger partial charge in [0.2, 0.25) is 11.8 Å². The van der Waals surface area contributed by atoms with Crippen molar-refractivity contribution in [2.75, 3.05) is 73.3 Å². The Morgan fingerprint density at radius 1 is 0.832 bits per heavy atom. The number of ether oxygens (including phenoxy) is 2. The van der Waals surface area contributed by atoms with Gasteiger partial charge in [-0.2, -0.15) is 13.5 Å². The number of imide groups is 2. The van der Waals surface area contributed by atoms with E-state index in [0.717, 1.165) is 75.4 Å². The second-order valence-corrected chi connectivity index (χ2v) is 33.4. The van der Waals surface area contributed by atoms with E-state index in [9.17, 15) is 61.2 Å². The first-order valence-electron chi connectivity index (χ1n) is 36.5. The highest BCUT2D eigenvalue weighted by Gasteiger charge is 2.66. The monoisotopic (exact) mass is 1510 g/mol. The third-order valence-electron chi connectivity index (χ3n) is 21.8. The minimum absolute atomic E-state index is 0.0169. The van der Waals surface area contributed by atoms with Crippen molar-refractivity contribution < 1.29 is 70.7 Å². The Labute approximate surface area is 624 Å². The lowest BCUT2D eigenvalue weighted by molar-refractivity contribution is -0.249. The van der Waals surface area contributed by atoms with E-state index in [-0.39, 0.29) is 117 Å². The first kappa shape index (κ1) is 77.1. The number of carboxylic acids is 1. The molecule has 13 rings (SSSR count). The Morgan fingerprint density at radius 3 is 2.24 bits per heavy atom. The van der Waals surface area contributed by atoms with Crippen LogP contribution in [0.15, 0.2) is 97.2 Å². The molecule has 4 bridgehead atoms. The van der Waals surface area contributed by atoms with Gasteiger partial charge in [0.1, 0.15) is 24.5 Å². The lowest BCUT2D eigenvalue weighted by atomic mass is 9.39. The summed E-state index contributed by atoms with van der Waals surface area (Å²) in [6.07, 6.45) is 11.3. The van der Waals surface area contributed by atoms with Crippen molar-refractivity contribution >= 4 is 102 Å². The number of rotatable bonds is 32. The van der Waals surface area contributed by atoms with Gasteiger partial charge in [-0.3, -0.25) is 53.1 Å². The minimum Gasteiger partial charge on any atom is -0.476 e. The van der Waals surface area contributed by atoms with Crippen LogP contribution in [0.25, 0.3) is 21.3 Å². The number of amides is 9. The molecule has 9 N–H and O–H groups in total. The number of hydrogen-bond donors (Lipinski definition) is 7. The quantitative estimate of drug-likeness (QED) is 0.0119. The fourth-order valence-electron chi connectivity index (χ4n) is 17.8. The largest absolute Gasteiger partial charge is 0.476 e. The van der Waals surface area contributed by atoms with Crippen molar-refractivity contribution in [2.24, 2.45) is 33.6 Å². The van der Waals surface area contributed by atoms with Gasteiger partial charge in [0.25, 0.3) is 33.7 Å². The zero-order valence-corrected chi connectivity index (χ0v) is 62.6. The van der Waals surface area contributed by atoms with Crippen LogP contribution in [0.4, 0.5) is 26.2 Å². The molecular formula is C76H94N14O15S2. The first-order chi connectivity index (χ1) is 50.9. The van der Waals surface area contributed by atoms with Gasteiger partial charge in [-0.25, -0.2) is 29.3 Å². The number of hydrogen-bond acceptors (Lipinski definition) is 20. The van der Waals surface area contributed by atoms with E-state index < -0.39 is 75.3 Å². The molecule has 7 aliphatic rings. The number of aromatic carboxylic acids is 1. The van der Waals surface area contributed by atoms with Crippen molar-refractivity contribution in [3.05, 3.63) is 131 Å². The number of pyridine rings is 1. The highest BCUT2D eigenvalue weighted by atomic mass is 32.2. The summed E-state index contributed by atoms with van der Waals surface area (Å²) in [6, 6.07) is 19.2. The van der Waals surface area contributed by atoms with Crippen LogP contribution in [0.3, 0.4) is 0 Å². The number of urea groups is 1. The lowest BCUT2D eigenvalue weighted by Gasteiger charge is -2.69. The van der Waals surface area contributed by atoms with Crippen molar-refractivity contribution in [3.8, 4) is 11.1 Å². The number of nitrogens with zero attached hydrogens (tertiary/aromatic N) is 9. The molecule has 29 nitrogen and oxygen atoms in total. The van der Waals surface area contributed by atoms with Gasteiger partial charge in [0.15, 0.2) is 10.8 Å². The van der Waals surface area contributed by atoms with Crippen molar-refractivity contribution in [2.45, 2.75) is 162 Å². The van der Waals surface area contributed by atoms with Crippen LogP contribution in [0.5, 0.6) is 0 Å². The summed E-state index contributed by atoms with van der Waals surface area (Å²) in [5.41, 5.74) is 16.3. The molecule has 5 fully saturated rings. The van der Waals surface area contributed by atoms with Gasteiger partial charge < -0.3 is 46.5 Å². The number of carboxylic acid groups (broad SMARTS) is 1. The Balaban J connectivity index is 0.639. The summed E-state index contributed by atoms with van der Waals surface area (Å²) in [5, 5.41) is 24.7. The summed E-state index contributed by atoms with van der Waals surface area (Å²) in [5.74, 6) is -4.61. The molecule has 570 valence electrons. The number of benzene rings is 3. The zero-order chi connectivity index (χ0) is 76.3. The maximum absolute atomic E-state index is 14.2. The van der Waals surface area contributed by atoms with Gasteiger partial charge in [-0.15, -0.1) is 0 Å². The number of likely N-dealkylation sites (tertiary alicyclic amines) is 1. The van der Waals surface area contributed by atoms with Crippen molar-refractivity contribution in [1.29, 1.82) is 0 Å². The maximum Gasteiger partial charge on any atom is 0.410 e. The number of nitrogens with one attached hydrogen (secondary N) is 3. The molecule has 9 amide bonds. The number of primary amides is 1. The van der Waals surface area contributed by atoms with Gasteiger partial charge in [0.05, 0.1) is 40.1 Å². The third kappa shape index (κ3) is 17.7. The van der Waals surface area contributed by atoms with Gasteiger partial charge in [-0.05, 0) is 165 Å². The Bertz CT molecular complexity index is 4500. The molecular weight excluding hydrogens is 1410 g/mol. The van der Waals surface area contributed by atoms with E-state index in [2.05, 4.69) is 34.8 Å². The molecule has 0 radical (unpaired) electrons. The molecule has 3 aliphatic heterocycles. The first-order valence-corrected chi connectivity index (χ1v) is 38.9. The molecule has 4 aliphatic carbocycles. The molecule has 3 aromatic heterocycles. The van der Waals surface area contributed by atoms with Crippen LogP contribution in [0, 0.1) is 29.1 Å². The van der Waals surface area contributed by atoms with Crippen LogP contribution in [0.2, 0.25) is 0 Å². The standard InChI is InChI=1S/C76H94N14O15S2/c1-47(2)64(83-61(91)18-7-6-10-29-88-62(92)25-26-63(88)93)67(95)80-58(16-12-28-77)68(96)90(70(78)99)51-21-19-49(20-22-51)39-104-72(100)87-36-52(37-87)85(32-34-107(101,102)103)31-33-105-76-43-73(4)40-74(5,44-76)42-75(41-73,45-76)46-89-48(3)55(35-79-89)53-23-24-60(82-65(53)69(97)98)86-30-27-50-13-11-14-54(56(50)38-86)66(94)84-71-81-57-15-8-9-17-59(57)106-71/h8-9,11,13-15,17,19-26,35,47,52,58,64H,6-7,10,12,16,18,27-34,36-46,77H2,1-5H3,(H2,78,99)(H,80,95)(H,83,91)(H,97,98)(H,81,84,94)(H,101,102,103)/t58-,64-,73?,74?,75?,76?/m0/s1. The molecule has 4 atom stereocenters. The molecule has 0 spiro atoms. The number of thiazole rings is 1. The molecule has 31 heteroatoms. The van der Waals surface area contributed by atoms with E-state index in [4.69, 9.17) is 31.0 Å². The molecule has 107 heavy (non-hydrogen) atoms. The lowest BCUT2D eigenvalue weighted by Crippen LogP contribution is -2.65. The molecule has 6 heterocycles. The average molecular weight is 1510 g/mol. The van der Waals surface area contributed by atoms with E-state index in [1.165, 1.54) is 40.5 Å². The second-order valence-electron chi connectivity index (χ2n) is 30.8. The van der Waals surface area contributed by atoms with E-state index in [1.54, 1.807) is 44.3 Å². The summed E-state index contributed by atoms with van der Waals surface area (Å²) < 4.78 is 50.1. The number of anilines is 3. The molecule has 1 saturated heterocycles. The fourth-order valence-corrected chi connectivity index (χ4v) is 19.2. The number of carbonyl (C=O) groups excluding carboxylic acids is 8. The highest BCUT2D eigenvalue weighted by molar-refractivity contribution is 7.85. The van der Waals surface area contributed by atoms with Crippen molar-refractivity contribution in [3.63, 3.8) is 0 Å². The Kier molecular flexibility index (Phi) is 22.9. The second kappa shape index (κ2) is 31.7. The summed E-state index contributed by atoms with van der Waals surface area (Å²) in [6.45, 7) is 12.7. The van der Waals surface area contributed by atoms with Gasteiger partial charge >= 0.3 is 18.1 Å². The minimum atomic E-state index is -4.37. The topological polar surface area (TPSA) is 395 Å². The Morgan fingerprint density at radius 2 is 1.56 bits per heavy atom. The zero-order valence-electron chi connectivity index (χ0n) is 60.9. The van der Waals surface area contributed by atoms with Crippen LogP contribution in [-0.2, 0) is 69.7 Å². The molecule has 2 unspecified atom stereocenters. The number of nitrogens with two attached hydrogens (primary N) is 2. The normalized spacial score (nSPS) is 21.6. The maximum atomic E-state index is 14.2. The van der Waals surface area contributed by atoms with E-state index >= 15 is 0 Å². The summed E-state index contributed by atoms with van der Waals surface area (Å²) >= 11 is 1.40. The van der Waals surface area contributed by atoms with Gasteiger partial charge in [-0.1, -0.05) is 81.9 Å². The summed E-state index contributed by atoms with van der Waals surface area (Å²) in [7, 11) is -4.37. The SMILES string of the molecule is Cc1c(-c2ccc(N3CCc4cccc(C(=O)Nc5nc6ccccc6s5)c4C3)nc2C(=O)O)cnn1CC12CC3(C)CC(C)(C1)CC(OCCN(CCS(=O)(=O)O)C1CN(C(=O)OCc4ccc(N(C(N)=O)C(=O)[C@H](CCCN)NC(=O)[C@@H](NC(=O)CCCCCN5C(=O)C=CC5=O)C(C)C)cc4)C1)(C3)C2. The van der Waals surface area contributed by atoms with Crippen LogP contribution in [0.1, 0.15) is 148 Å². The number of aromatic nitrogens is 4. The fraction of sp³-hybridized carbons (Fsp3) is 0.500. The number of unbranched alkanes of at least 4 members (excludes halogenated alkanes) is 2. The van der Waals surface area contributed by atoms with Crippen LogP contribution < -0.4 is 37.2 Å². The number of para-hydroxylation sites is 1. The molecule has 6 aromatic rings. The van der Waals surface area contributed by atoms with E-state index in [0.29, 0.717) is 85.1 Å². The molecule has 4 saturated carbocycles. The number of fused-ring (bicyclic) bond motifs is 2. The summed E-state index contributed by atoms with van der Waals surface area (Å²) in [4.78, 5) is 135. The highest BCUT2D eigenvalue weighted by Crippen LogP contribution is 2.72. The number of carbonyl (C=O) groups is 9. The average Bonchev–Trinajstić information content (AvgIpc) is 0.985. The third-order valence-corrected chi connectivity index (χ3v) is 23.4. The molecule has 3 aromatic carbocycles. The van der Waals surface area contributed by atoms with Crippen LogP contribution >= 0.6 is 11.3 Å². The predicted octanol–water partition coefficient (Wildman–Crippen LogP) is 7.98. The van der Waals surface area contributed by atoms with Gasteiger partial charge in [0, 0.05) is 99.4 Å². The van der Waals surface area contributed by atoms with Crippen molar-refractivity contribution in [1.82, 2.24) is 45.1 Å². The smallest absolute Gasteiger partial charge is 0.410 e. The predicted molar refractivity (Wildman–Crippen MR) is 399 cm³/mol.